The maximum atomic E-state index is 14.6. The minimum Gasteiger partial charge on any atom is -0.495 e. The number of carbonyl (C=O) groups is 1. The lowest BCUT2D eigenvalue weighted by molar-refractivity contribution is -0.134. The van der Waals surface area contributed by atoms with Gasteiger partial charge >= 0.3 is 0 Å². The van der Waals surface area contributed by atoms with Crippen molar-refractivity contribution in [3.8, 4) is 17.3 Å². The van der Waals surface area contributed by atoms with Gasteiger partial charge in [-0.2, -0.15) is 5.10 Å². The quantitative estimate of drug-likeness (QED) is 0.428. The first-order valence-corrected chi connectivity index (χ1v) is 11.3. The van der Waals surface area contributed by atoms with E-state index >= 15 is 0 Å². The summed E-state index contributed by atoms with van der Waals surface area (Å²) in [7, 11) is 1.48. The highest BCUT2D eigenvalue weighted by Gasteiger charge is 2.30. The van der Waals surface area contributed by atoms with Crippen LogP contribution in [0.2, 0.25) is 5.02 Å². The molecule has 11 nitrogen and oxygen atoms in total. The predicted molar refractivity (Wildman–Crippen MR) is 129 cm³/mol. The van der Waals surface area contributed by atoms with Crippen LogP contribution in [-0.4, -0.2) is 73.3 Å². The number of methoxy groups -OCH3 is 1. The van der Waals surface area contributed by atoms with E-state index in [2.05, 4.69) is 25.0 Å². The molecule has 0 spiro atoms. The van der Waals surface area contributed by atoms with Gasteiger partial charge in [0.25, 0.3) is 0 Å². The molecule has 1 unspecified atom stereocenters. The molecular formula is C22H23ClFN9O2. The van der Waals surface area contributed by atoms with Gasteiger partial charge in [0, 0.05) is 44.1 Å². The van der Waals surface area contributed by atoms with E-state index in [4.69, 9.17) is 22.1 Å². The number of nitrogens with zero attached hydrogens (tertiary/aromatic N) is 7. The molecule has 1 aliphatic heterocycles. The number of H-pyrrole nitrogens is 1. The fraction of sp³-hybridized carbons (Fsp3) is 0.318. The number of fused-ring (bicyclic) bond motifs is 1. The van der Waals surface area contributed by atoms with E-state index in [1.54, 1.807) is 23.4 Å². The topological polar surface area (TPSA) is 131 Å². The average Bonchev–Trinajstić information content (AvgIpc) is 3.48. The van der Waals surface area contributed by atoms with E-state index in [1.165, 1.54) is 24.2 Å². The number of amides is 1. The number of ether oxygens (including phenoxy) is 1. The van der Waals surface area contributed by atoms with Gasteiger partial charge in [-0.05, 0) is 13.0 Å². The average molecular weight is 500 g/mol. The zero-order valence-corrected chi connectivity index (χ0v) is 19.8. The van der Waals surface area contributed by atoms with Gasteiger partial charge in [-0.25, -0.2) is 24.0 Å². The highest BCUT2D eigenvalue weighted by Crippen LogP contribution is 2.33. The van der Waals surface area contributed by atoms with E-state index in [1.807, 2.05) is 11.8 Å². The Balaban J connectivity index is 1.36. The Morgan fingerprint density at radius 3 is 2.86 bits per heavy atom. The van der Waals surface area contributed by atoms with Crippen LogP contribution >= 0.6 is 11.6 Å². The summed E-state index contributed by atoms with van der Waals surface area (Å²) in [5.41, 5.74) is 7.39. The number of hydrogen-bond donors (Lipinski definition) is 2. The molecule has 0 radical (unpaired) electrons. The molecule has 0 bridgehead atoms. The maximum Gasteiger partial charge on any atom is 0.244 e. The van der Waals surface area contributed by atoms with Gasteiger partial charge < -0.3 is 25.3 Å². The van der Waals surface area contributed by atoms with Crippen molar-refractivity contribution >= 4 is 40.0 Å². The smallest absolute Gasteiger partial charge is 0.244 e. The minimum atomic E-state index is -0.437. The van der Waals surface area contributed by atoms with Gasteiger partial charge in [0.1, 0.15) is 36.0 Å². The van der Waals surface area contributed by atoms with Gasteiger partial charge in [0.15, 0.2) is 11.5 Å². The van der Waals surface area contributed by atoms with Gasteiger partial charge in [0.05, 0.1) is 23.2 Å². The van der Waals surface area contributed by atoms with Crippen LogP contribution in [0.4, 0.5) is 15.9 Å². The second-order valence-electron chi connectivity index (χ2n) is 8.22. The van der Waals surface area contributed by atoms with Crippen molar-refractivity contribution in [1.29, 1.82) is 0 Å². The molecule has 35 heavy (non-hydrogen) atoms. The van der Waals surface area contributed by atoms with Crippen LogP contribution in [0, 0.1) is 5.82 Å². The Hall–Kier alpha value is -3.93. The summed E-state index contributed by atoms with van der Waals surface area (Å²) < 4.78 is 21.4. The molecule has 1 amide bonds. The summed E-state index contributed by atoms with van der Waals surface area (Å²) in [6, 6.07) is 2.64. The molecule has 5 rings (SSSR count). The first kappa shape index (κ1) is 22.8. The Morgan fingerprint density at radius 1 is 1.31 bits per heavy atom. The van der Waals surface area contributed by atoms with Crippen molar-refractivity contribution in [2.75, 3.05) is 37.4 Å². The van der Waals surface area contributed by atoms with E-state index in [9.17, 15) is 9.18 Å². The summed E-state index contributed by atoms with van der Waals surface area (Å²) in [6.45, 7) is 3.18. The summed E-state index contributed by atoms with van der Waals surface area (Å²) in [4.78, 5) is 32.5. The summed E-state index contributed by atoms with van der Waals surface area (Å²) in [5, 5.41) is 5.30. The molecule has 4 heterocycles. The van der Waals surface area contributed by atoms with Crippen molar-refractivity contribution in [2.24, 2.45) is 0 Å². The molecular weight excluding hydrogens is 477 g/mol. The molecule has 0 aliphatic carbocycles. The lowest BCUT2D eigenvalue weighted by atomic mass is 10.1. The van der Waals surface area contributed by atoms with Gasteiger partial charge in [0.2, 0.25) is 5.91 Å². The molecule has 1 atom stereocenters. The maximum absolute atomic E-state index is 14.6. The fourth-order valence-electron chi connectivity index (χ4n) is 4.38. The monoisotopic (exact) mass is 499 g/mol. The van der Waals surface area contributed by atoms with E-state index in [-0.39, 0.29) is 29.3 Å². The number of rotatable bonds is 5. The first-order chi connectivity index (χ1) is 16.9. The number of aromatic nitrogens is 6. The van der Waals surface area contributed by atoms with Crippen LogP contribution in [0.3, 0.4) is 0 Å². The van der Waals surface area contributed by atoms with Crippen LogP contribution in [0.25, 0.3) is 22.6 Å². The number of carbonyl (C=O) groups excluding carboxylic acids is 1. The number of hydrogen-bond acceptors (Lipinski definition) is 8. The molecule has 1 aliphatic rings. The second-order valence-corrected chi connectivity index (χ2v) is 8.63. The fourth-order valence-corrected chi connectivity index (χ4v) is 4.61. The molecule has 0 saturated carbocycles. The summed E-state index contributed by atoms with van der Waals surface area (Å²) >= 11 is 6.03. The highest BCUT2D eigenvalue weighted by atomic mass is 35.5. The SMILES string of the molecule is COc1cc(N2CCN(C(=O)Cn3nc(-c4ncc[nH]4)c4c(N)ncnc43)C(C)C2)c(F)cc1Cl. The van der Waals surface area contributed by atoms with Crippen molar-refractivity contribution in [2.45, 2.75) is 19.5 Å². The summed E-state index contributed by atoms with van der Waals surface area (Å²) in [5.74, 6) is 0.577. The standard InChI is InChI=1S/C22H23ClFN9O2/c1-12-9-31(15-8-16(35-2)13(23)7-14(15)24)5-6-32(12)17(34)10-33-22-18(20(25)28-11-29-22)19(30-33)21-26-3-4-27-21/h3-4,7-8,11-12H,5-6,9-10H2,1-2H3,(H,26,27)(H2,25,28,29). The van der Waals surface area contributed by atoms with Gasteiger partial charge in [-0.3, -0.25) is 4.79 Å². The first-order valence-electron chi connectivity index (χ1n) is 10.9. The molecule has 1 saturated heterocycles. The number of nitrogens with one attached hydrogen (secondary N) is 1. The molecule has 182 valence electrons. The number of piperazine rings is 1. The van der Waals surface area contributed by atoms with Crippen molar-refractivity contribution in [1.82, 2.24) is 34.6 Å². The number of imidazole rings is 1. The third kappa shape index (κ3) is 4.09. The van der Waals surface area contributed by atoms with E-state index < -0.39 is 5.82 Å². The van der Waals surface area contributed by atoms with E-state index in [0.717, 1.165) is 0 Å². The predicted octanol–water partition coefficient (Wildman–Crippen LogP) is 2.34. The van der Waals surface area contributed by atoms with Gasteiger partial charge in [-0.1, -0.05) is 11.6 Å². The third-order valence-electron chi connectivity index (χ3n) is 6.08. The van der Waals surface area contributed by atoms with Crippen LogP contribution in [0.15, 0.2) is 30.9 Å². The molecule has 13 heteroatoms. The molecule has 1 aromatic carbocycles. The highest BCUT2D eigenvalue weighted by molar-refractivity contribution is 6.32. The van der Waals surface area contributed by atoms with Crippen molar-refractivity contribution in [3.63, 3.8) is 0 Å². The number of anilines is 2. The Labute approximate surface area is 204 Å². The molecule has 4 aromatic rings. The largest absolute Gasteiger partial charge is 0.495 e. The van der Waals surface area contributed by atoms with Crippen molar-refractivity contribution < 1.29 is 13.9 Å². The Kier molecular flexibility index (Phi) is 5.89. The number of benzene rings is 1. The van der Waals surface area contributed by atoms with E-state index in [0.29, 0.717) is 53.6 Å². The van der Waals surface area contributed by atoms with Crippen molar-refractivity contribution in [3.05, 3.63) is 41.7 Å². The number of nitrogen functional groups attached to an aromatic ring is 1. The minimum absolute atomic E-state index is 0.0405. The second kappa shape index (κ2) is 9.02. The van der Waals surface area contributed by atoms with Crippen LogP contribution in [-0.2, 0) is 11.3 Å². The van der Waals surface area contributed by atoms with Crippen LogP contribution < -0.4 is 15.4 Å². The zero-order valence-electron chi connectivity index (χ0n) is 19.1. The molecule has 3 aromatic heterocycles. The Bertz CT molecular complexity index is 1390. The Morgan fingerprint density at radius 2 is 2.14 bits per heavy atom. The number of nitrogens with two attached hydrogens (primary N) is 1. The zero-order chi connectivity index (χ0) is 24.7. The number of halogens is 2. The van der Waals surface area contributed by atoms with Crippen LogP contribution in [0.1, 0.15) is 6.92 Å². The normalized spacial score (nSPS) is 16.2. The van der Waals surface area contributed by atoms with Crippen LogP contribution in [0.5, 0.6) is 5.75 Å². The lowest BCUT2D eigenvalue weighted by Gasteiger charge is -2.41. The number of aromatic amines is 1. The lowest BCUT2D eigenvalue weighted by Crippen LogP contribution is -2.55. The molecule has 1 fully saturated rings. The summed E-state index contributed by atoms with van der Waals surface area (Å²) in [6.07, 6.45) is 4.61. The third-order valence-corrected chi connectivity index (χ3v) is 6.37. The van der Waals surface area contributed by atoms with Gasteiger partial charge in [-0.15, -0.1) is 0 Å². The molecule has 3 N–H and O–H groups in total.